The molecule has 0 atom stereocenters. The molecule has 0 saturated carbocycles. The van der Waals surface area contributed by atoms with Gasteiger partial charge >= 0.3 is 27.0 Å². The zero-order chi connectivity index (χ0) is 11.0. The molecule has 1 aromatic rings. The van der Waals surface area contributed by atoms with E-state index in [-0.39, 0.29) is 0 Å². The van der Waals surface area contributed by atoms with Crippen molar-refractivity contribution in [3.8, 4) is 17.2 Å². The zero-order valence-corrected chi connectivity index (χ0v) is 12.2. The summed E-state index contributed by atoms with van der Waals surface area (Å²) in [5.41, 5.74) is 0. The average Bonchev–Trinajstić information content (AvgIpc) is 2.30. The van der Waals surface area contributed by atoms with Crippen molar-refractivity contribution < 1.29 is 31.5 Å². The number of halogens is 1. The normalized spacial score (nSPS) is 8.43. The topological polar surface area (TPSA) is 27.7 Å². The Morgan fingerprint density at radius 1 is 1.00 bits per heavy atom. The van der Waals surface area contributed by atoms with Gasteiger partial charge in [-0.15, -0.1) is 0 Å². The fourth-order valence-electron chi connectivity index (χ4n) is 0.831. The van der Waals surface area contributed by atoms with E-state index in [0.29, 0.717) is 17.2 Å². The molecule has 0 amide bonds. The minimum atomic E-state index is 0.603. The predicted molar refractivity (Wildman–Crippen MR) is 50.8 cm³/mol. The maximum absolute atomic E-state index is 5.02. The van der Waals surface area contributed by atoms with E-state index >= 15 is 0 Å². The summed E-state index contributed by atoms with van der Waals surface area (Å²) in [6.45, 7) is 0. The standard InChI is InChI=1S/C9H11O3.ClH.Zn/c1-10-7-4-8(11-2)6-9(5-7)12-3;;/h4-5H,1-3H3;1H;/q-1;;+2/p-1. The molecule has 5 heteroatoms. The summed E-state index contributed by atoms with van der Waals surface area (Å²) in [6.07, 6.45) is 0. The summed E-state index contributed by atoms with van der Waals surface area (Å²) in [5.74, 6) is 1.90. The molecule has 0 N–H and O–H groups in total. The van der Waals surface area contributed by atoms with Gasteiger partial charge in [-0.1, -0.05) is 18.2 Å². The fourth-order valence-corrected chi connectivity index (χ4v) is 0.831. The molecule has 0 fully saturated rings. The van der Waals surface area contributed by atoms with Gasteiger partial charge in [-0.2, -0.15) is 0 Å². The minimum absolute atomic E-state index is 0.603. The molecular formula is C9H11ClO3Zn. The van der Waals surface area contributed by atoms with E-state index in [1.807, 2.05) is 0 Å². The van der Waals surface area contributed by atoms with Crippen LogP contribution in [0, 0.1) is 6.07 Å². The number of benzene rings is 1. The quantitative estimate of drug-likeness (QED) is 0.621. The van der Waals surface area contributed by atoms with E-state index in [4.69, 9.17) is 23.9 Å². The van der Waals surface area contributed by atoms with Gasteiger partial charge in [-0.25, -0.2) is 0 Å². The molecule has 0 aliphatic rings. The van der Waals surface area contributed by atoms with E-state index < -0.39 is 0 Å². The van der Waals surface area contributed by atoms with Crippen LogP contribution < -0.4 is 14.2 Å². The van der Waals surface area contributed by atoms with E-state index in [0.717, 1.165) is 17.3 Å². The molecule has 0 heterocycles. The fraction of sp³-hybridized carbons (Fsp3) is 0.333. The number of rotatable bonds is 3. The van der Waals surface area contributed by atoms with Crippen LogP contribution in [0.5, 0.6) is 17.2 Å². The van der Waals surface area contributed by atoms with Gasteiger partial charge in [0, 0.05) is 17.2 Å². The molecule has 1 aromatic carbocycles. The molecule has 3 nitrogen and oxygen atoms in total. The van der Waals surface area contributed by atoms with Gasteiger partial charge in [0.15, 0.2) is 0 Å². The second kappa shape index (κ2) is 7.89. The molecule has 0 aromatic heterocycles. The van der Waals surface area contributed by atoms with Crippen LogP contribution >= 0.6 is 9.69 Å². The molecule has 0 aliphatic heterocycles. The number of methoxy groups -OCH3 is 3. The zero-order valence-electron chi connectivity index (χ0n) is 8.46. The molecule has 1 rings (SSSR count). The molecule has 0 spiro atoms. The van der Waals surface area contributed by atoms with Gasteiger partial charge in [0.1, 0.15) is 0 Å². The first-order valence-electron chi connectivity index (χ1n) is 3.76. The number of hydrogen-bond donors (Lipinski definition) is 0. The van der Waals surface area contributed by atoms with Crippen LogP contribution in [-0.4, -0.2) is 21.3 Å². The van der Waals surface area contributed by atoms with Crippen molar-refractivity contribution in [2.75, 3.05) is 21.3 Å². The average molecular weight is 268 g/mol. The van der Waals surface area contributed by atoms with E-state index in [1.165, 1.54) is 0 Å². The summed E-state index contributed by atoms with van der Waals surface area (Å²) in [6, 6.07) is 6.37. The first-order chi connectivity index (χ1) is 6.80. The summed E-state index contributed by atoms with van der Waals surface area (Å²) in [7, 11) is 9.50. The van der Waals surface area contributed by atoms with Crippen LogP contribution in [0.1, 0.15) is 0 Å². The second-order valence-corrected chi connectivity index (χ2v) is 2.16. The van der Waals surface area contributed by atoms with Crippen LogP contribution in [0.2, 0.25) is 0 Å². The Hall–Kier alpha value is -0.467. The van der Waals surface area contributed by atoms with E-state index in [1.54, 1.807) is 33.5 Å². The van der Waals surface area contributed by atoms with Gasteiger partial charge in [0.25, 0.3) is 0 Å². The Balaban J connectivity index is 0.000000791. The van der Waals surface area contributed by atoms with Crippen LogP contribution in [0.4, 0.5) is 0 Å². The van der Waals surface area contributed by atoms with Crippen molar-refractivity contribution in [2.45, 2.75) is 0 Å². The first kappa shape index (κ1) is 13.5. The second-order valence-electron chi connectivity index (χ2n) is 2.16. The molecule has 0 saturated heterocycles. The Bertz CT molecular complexity index is 213. The van der Waals surface area contributed by atoms with Gasteiger partial charge < -0.3 is 14.2 Å². The van der Waals surface area contributed by atoms with Crippen molar-refractivity contribution in [1.29, 1.82) is 0 Å². The third-order valence-corrected chi connectivity index (χ3v) is 1.47. The number of hydrogen-bond acceptors (Lipinski definition) is 3. The molecular weight excluding hydrogens is 257 g/mol. The van der Waals surface area contributed by atoms with Crippen LogP contribution in [0.25, 0.3) is 0 Å². The monoisotopic (exact) mass is 266 g/mol. The third-order valence-electron chi connectivity index (χ3n) is 1.47. The molecule has 74 valence electrons. The van der Waals surface area contributed by atoms with Crippen molar-refractivity contribution >= 4 is 9.69 Å². The molecule has 14 heavy (non-hydrogen) atoms. The number of ether oxygens (including phenoxy) is 3. The summed E-state index contributed by atoms with van der Waals surface area (Å²) in [5, 5.41) is 0. The Morgan fingerprint density at radius 2 is 1.43 bits per heavy atom. The van der Waals surface area contributed by atoms with Crippen LogP contribution in [0.15, 0.2) is 12.1 Å². The van der Waals surface area contributed by atoms with E-state index in [2.05, 4.69) is 6.07 Å². The Labute approximate surface area is 98.0 Å². The van der Waals surface area contributed by atoms with Gasteiger partial charge in [0.2, 0.25) is 0 Å². The summed E-state index contributed by atoms with van der Waals surface area (Å²) in [4.78, 5) is 0. The maximum atomic E-state index is 5.02. The van der Waals surface area contributed by atoms with Gasteiger partial charge in [0.05, 0.1) is 21.3 Å². The van der Waals surface area contributed by atoms with Gasteiger partial charge in [-0.3, -0.25) is 0 Å². The summed E-state index contributed by atoms with van der Waals surface area (Å²) >= 11 is 0.847. The summed E-state index contributed by atoms with van der Waals surface area (Å²) < 4.78 is 15.0. The van der Waals surface area contributed by atoms with Crippen LogP contribution in [0.3, 0.4) is 0 Å². The molecule has 0 radical (unpaired) electrons. The van der Waals surface area contributed by atoms with E-state index in [9.17, 15) is 0 Å². The van der Waals surface area contributed by atoms with Crippen molar-refractivity contribution in [1.82, 2.24) is 0 Å². The van der Waals surface area contributed by atoms with Crippen molar-refractivity contribution in [3.05, 3.63) is 18.2 Å². The molecule has 0 bridgehead atoms. The SMILES string of the molecule is COc1[c-]c(OC)cc(OC)c1.[Cl][Zn+]. The van der Waals surface area contributed by atoms with Gasteiger partial charge in [-0.05, 0) is 0 Å². The molecule has 0 aliphatic carbocycles. The Morgan fingerprint density at radius 3 is 1.71 bits per heavy atom. The molecule has 0 unspecified atom stereocenters. The van der Waals surface area contributed by atoms with Crippen LogP contribution in [-0.2, 0) is 17.3 Å². The Kier molecular flexibility index (Phi) is 7.63. The predicted octanol–water partition coefficient (Wildman–Crippen LogP) is 2.20. The third kappa shape index (κ3) is 4.16. The van der Waals surface area contributed by atoms with Crippen molar-refractivity contribution in [2.24, 2.45) is 0 Å². The first-order valence-corrected chi connectivity index (χ1v) is 7.66. The van der Waals surface area contributed by atoms with Crippen molar-refractivity contribution in [3.63, 3.8) is 0 Å².